The molecular weight excluding hydrogens is 418 g/mol. The molecule has 4 rings (SSSR count). The molecule has 0 spiro atoms. The molecule has 3 aromatic heterocycles. The Morgan fingerprint density at radius 3 is 2.45 bits per heavy atom. The molecule has 0 saturated carbocycles. The maximum Gasteiger partial charge on any atom is 0.229 e. The highest BCUT2D eigenvalue weighted by Gasteiger charge is 2.19. The molecule has 0 aliphatic heterocycles. The van der Waals surface area contributed by atoms with E-state index in [1.807, 2.05) is 42.5 Å². The Kier molecular flexibility index (Phi) is 6.81. The number of nitrogens with one attached hydrogen (secondary N) is 2. The second-order valence-electron chi connectivity index (χ2n) is 8.30. The van der Waals surface area contributed by atoms with Crippen molar-refractivity contribution in [2.75, 3.05) is 17.2 Å². The SMILES string of the molecule is CC(C)c1cnn2c(NCc3ccc(-c4ccccn4)cc3)nc(N[C@H](CO)C(C)O)nc12. The summed E-state index contributed by atoms with van der Waals surface area (Å²) in [6.07, 6.45) is 2.81. The molecule has 0 bridgehead atoms. The van der Waals surface area contributed by atoms with E-state index in [1.54, 1.807) is 23.8 Å². The van der Waals surface area contributed by atoms with Crippen LogP contribution in [-0.2, 0) is 6.54 Å². The lowest BCUT2D eigenvalue weighted by Gasteiger charge is -2.19. The average molecular weight is 448 g/mol. The van der Waals surface area contributed by atoms with Gasteiger partial charge in [-0.2, -0.15) is 19.6 Å². The van der Waals surface area contributed by atoms with Crippen molar-refractivity contribution >= 4 is 17.5 Å². The Labute approximate surface area is 192 Å². The molecule has 172 valence electrons. The van der Waals surface area contributed by atoms with Crippen LogP contribution in [0.2, 0.25) is 0 Å². The summed E-state index contributed by atoms with van der Waals surface area (Å²) in [5, 5.41) is 30.3. The van der Waals surface area contributed by atoms with Crippen molar-refractivity contribution in [3.05, 3.63) is 66.0 Å². The van der Waals surface area contributed by atoms with Crippen molar-refractivity contribution in [3.63, 3.8) is 0 Å². The first-order valence-corrected chi connectivity index (χ1v) is 11.0. The molecule has 3 heterocycles. The third kappa shape index (κ3) is 5.10. The Morgan fingerprint density at radius 2 is 1.82 bits per heavy atom. The molecule has 33 heavy (non-hydrogen) atoms. The molecule has 4 aromatic rings. The lowest BCUT2D eigenvalue weighted by Crippen LogP contribution is -2.35. The van der Waals surface area contributed by atoms with Crippen molar-refractivity contribution in [2.45, 2.75) is 45.4 Å². The van der Waals surface area contributed by atoms with Crippen molar-refractivity contribution in [3.8, 4) is 11.3 Å². The zero-order valence-corrected chi connectivity index (χ0v) is 19.0. The third-order valence-corrected chi connectivity index (χ3v) is 5.48. The summed E-state index contributed by atoms with van der Waals surface area (Å²) in [4.78, 5) is 13.5. The van der Waals surface area contributed by atoms with Crippen LogP contribution in [0.5, 0.6) is 0 Å². The van der Waals surface area contributed by atoms with Crippen LogP contribution in [0, 0.1) is 0 Å². The predicted octanol–water partition coefficient (Wildman–Crippen LogP) is 3.08. The second-order valence-corrected chi connectivity index (χ2v) is 8.30. The van der Waals surface area contributed by atoms with Gasteiger partial charge in [0, 0.05) is 23.9 Å². The van der Waals surface area contributed by atoms with Gasteiger partial charge in [-0.05, 0) is 30.5 Å². The standard InChI is InChI=1S/C24H29N7O2/c1-15(2)19-13-27-31-22(19)29-23(28-21(14-32)16(3)33)30-24(31)26-12-17-7-9-18(10-8-17)20-6-4-5-11-25-20/h4-11,13,15-16,21,32-33H,12,14H2,1-3H3,(H2,26,28,29,30)/t16?,21-/m1/s1. The number of aliphatic hydroxyl groups excluding tert-OH is 2. The number of aliphatic hydroxyl groups is 2. The van der Waals surface area contributed by atoms with Crippen molar-refractivity contribution < 1.29 is 10.2 Å². The van der Waals surface area contributed by atoms with E-state index in [1.165, 1.54) is 0 Å². The third-order valence-electron chi connectivity index (χ3n) is 5.48. The molecule has 4 N–H and O–H groups in total. The topological polar surface area (TPSA) is 120 Å². The van der Waals surface area contributed by atoms with Gasteiger partial charge in [0.2, 0.25) is 11.9 Å². The Balaban J connectivity index is 1.59. The van der Waals surface area contributed by atoms with Crippen LogP contribution in [0.25, 0.3) is 16.9 Å². The fourth-order valence-electron chi connectivity index (χ4n) is 3.47. The van der Waals surface area contributed by atoms with Crippen LogP contribution in [0.3, 0.4) is 0 Å². The first kappa shape index (κ1) is 22.6. The maximum absolute atomic E-state index is 9.90. The summed E-state index contributed by atoms with van der Waals surface area (Å²) < 4.78 is 1.68. The van der Waals surface area contributed by atoms with Crippen LogP contribution in [0.15, 0.2) is 54.9 Å². The van der Waals surface area contributed by atoms with E-state index in [0.717, 1.165) is 22.4 Å². The number of pyridine rings is 1. The highest BCUT2D eigenvalue weighted by molar-refractivity contribution is 5.59. The van der Waals surface area contributed by atoms with Crippen LogP contribution in [0.4, 0.5) is 11.9 Å². The van der Waals surface area contributed by atoms with Gasteiger partial charge in [-0.1, -0.05) is 44.2 Å². The molecule has 9 heteroatoms. The summed E-state index contributed by atoms with van der Waals surface area (Å²) >= 11 is 0. The number of hydrogen-bond donors (Lipinski definition) is 4. The molecule has 2 atom stereocenters. The van der Waals surface area contributed by atoms with Gasteiger partial charge >= 0.3 is 0 Å². The van der Waals surface area contributed by atoms with Gasteiger partial charge in [0.1, 0.15) is 0 Å². The summed E-state index contributed by atoms with van der Waals surface area (Å²) in [6, 6.07) is 13.5. The van der Waals surface area contributed by atoms with Crippen LogP contribution >= 0.6 is 0 Å². The Hall–Kier alpha value is -3.56. The van der Waals surface area contributed by atoms with E-state index in [9.17, 15) is 10.2 Å². The number of benzene rings is 1. The van der Waals surface area contributed by atoms with Crippen LogP contribution in [-0.4, -0.2) is 53.5 Å². The molecule has 9 nitrogen and oxygen atoms in total. The predicted molar refractivity (Wildman–Crippen MR) is 128 cm³/mol. The highest BCUT2D eigenvalue weighted by Crippen LogP contribution is 2.23. The lowest BCUT2D eigenvalue weighted by atomic mass is 10.1. The zero-order valence-electron chi connectivity index (χ0n) is 19.0. The first-order valence-electron chi connectivity index (χ1n) is 11.0. The number of fused-ring (bicyclic) bond motifs is 1. The molecule has 0 aliphatic rings. The van der Waals surface area contributed by atoms with Crippen LogP contribution in [0.1, 0.15) is 37.8 Å². The number of nitrogens with zero attached hydrogens (tertiary/aromatic N) is 5. The minimum Gasteiger partial charge on any atom is -0.394 e. The minimum atomic E-state index is -0.765. The molecular formula is C24H29N7O2. The normalized spacial score (nSPS) is 13.3. The number of rotatable bonds is 9. The van der Waals surface area contributed by atoms with E-state index < -0.39 is 12.1 Å². The second kappa shape index (κ2) is 9.93. The lowest BCUT2D eigenvalue weighted by molar-refractivity contribution is 0.132. The smallest absolute Gasteiger partial charge is 0.229 e. The highest BCUT2D eigenvalue weighted by atomic mass is 16.3. The summed E-state index contributed by atoms with van der Waals surface area (Å²) in [7, 11) is 0. The van der Waals surface area contributed by atoms with Crippen LogP contribution < -0.4 is 10.6 Å². The fourth-order valence-corrected chi connectivity index (χ4v) is 3.47. The van der Waals surface area contributed by atoms with Gasteiger partial charge in [0.05, 0.1) is 30.6 Å². The van der Waals surface area contributed by atoms with Gasteiger partial charge in [-0.15, -0.1) is 0 Å². The molecule has 0 fully saturated rings. The number of anilines is 2. The molecule has 0 radical (unpaired) electrons. The molecule has 1 unspecified atom stereocenters. The van der Waals surface area contributed by atoms with E-state index in [4.69, 9.17) is 0 Å². The molecule has 0 aliphatic carbocycles. The summed E-state index contributed by atoms with van der Waals surface area (Å²) in [6.45, 7) is 6.06. The minimum absolute atomic E-state index is 0.225. The van der Waals surface area contributed by atoms with Crippen molar-refractivity contribution in [1.82, 2.24) is 24.6 Å². The molecule has 1 aromatic carbocycles. The van der Waals surface area contributed by atoms with Gasteiger partial charge in [-0.3, -0.25) is 4.98 Å². The summed E-state index contributed by atoms with van der Waals surface area (Å²) in [5.74, 6) is 1.06. The number of aromatic nitrogens is 5. The molecule has 0 saturated heterocycles. The monoisotopic (exact) mass is 447 g/mol. The largest absolute Gasteiger partial charge is 0.394 e. The van der Waals surface area contributed by atoms with Crippen molar-refractivity contribution in [2.24, 2.45) is 0 Å². The number of hydrogen-bond acceptors (Lipinski definition) is 8. The van der Waals surface area contributed by atoms with E-state index in [0.29, 0.717) is 24.1 Å². The zero-order chi connectivity index (χ0) is 23.4. The summed E-state index contributed by atoms with van der Waals surface area (Å²) in [5.41, 5.74) is 4.72. The van der Waals surface area contributed by atoms with Gasteiger partial charge in [0.15, 0.2) is 5.65 Å². The van der Waals surface area contributed by atoms with Crippen molar-refractivity contribution in [1.29, 1.82) is 0 Å². The average Bonchev–Trinajstić information content (AvgIpc) is 3.26. The Morgan fingerprint density at radius 1 is 1.03 bits per heavy atom. The maximum atomic E-state index is 9.90. The van der Waals surface area contributed by atoms with Gasteiger partial charge in [0.25, 0.3) is 0 Å². The van der Waals surface area contributed by atoms with Gasteiger partial charge in [-0.25, -0.2) is 0 Å². The van der Waals surface area contributed by atoms with E-state index >= 15 is 0 Å². The van der Waals surface area contributed by atoms with E-state index in [-0.39, 0.29) is 12.5 Å². The first-order chi connectivity index (χ1) is 16.0. The quantitative estimate of drug-likeness (QED) is 0.309. The fraction of sp³-hybridized carbons (Fsp3) is 0.333. The van der Waals surface area contributed by atoms with E-state index in [2.05, 4.69) is 44.5 Å². The Bertz CT molecular complexity index is 1190. The molecule has 0 amide bonds. The van der Waals surface area contributed by atoms with Gasteiger partial charge < -0.3 is 20.8 Å².